The van der Waals surface area contributed by atoms with Crippen molar-refractivity contribution < 1.29 is 0 Å². The number of piperazine rings is 1. The molecule has 1 atom stereocenters. The van der Waals surface area contributed by atoms with Gasteiger partial charge >= 0.3 is 0 Å². The standard InChI is InChI=1S/C16H26N2/c1-4-6-15(18-11-9-17-10-12-18)16-13(2)7-5-8-14(16)3/h5,7-8,15,17H,4,6,9-12H2,1-3H3/t15-/m0/s1. The summed E-state index contributed by atoms with van der Waals surface area (Å²) >= 11 is 0. The summed E-state index contributed by atoms with van der Waals surface area (Å²) in [5.74, 6) is 0. The second-order valence-corrected chi connectivity index (χ2v) is 5.40. The Morgan fingerprint density at radius 3 is 2.33 bits per heavy atom. The molecule has 0 aliphatic carbocycles. The molecule has 0 saturated carbocycles. The van der Waals surface area contributed by atoms with Gasteiger partial charge in [-0.15, -0.1) is 0 Å². The van der Waals surface area contributed by atoms with Gasteiger partial charge in [-0.3, -0.25) is 4.90 Å². The maximum atomic E-state index is 3.45. The fourth-order valence-corrected chi connectivity index (χ4v) is 3.13. The molecule has 18 heavy (non-hydrogen) atoms. The van der Waals surface area contributed by atoms with E-state index >= 15 is 0 Å². The zero-order valence-electron chi connectivity index (χ0n) is 12.0. The van der Waals surface area contributed by atoms with E-state index in [0.717, 1.165) is 13.1 Å². The van der Waals surface area contributed by atoms with Gasteiger partial charge in [0.25, 0.3) is 0 Å². The molecule has 1 fully saturated rings. The van der Waals surface area contributed by atoms with Gasteiger partial charge in [-0.2, -0.15) is 0 Å². The summed E-state index contributed by atoms with van der Waals surface area (Å²) < 4.78 is 0. The minimum atomic E-state index is 0.610. The lowest BCUT2D eigenvalue weighted by Crippen LogP contribution is -2.45. The predicted molar refractivity (Wildman–Crippen MR) is 78.0 cm³/mol. The van der Waals surface area contributed by atoms with Crippen LogP contribution < -0.4 is 5.32 Å². The quantitative estimate of drug-likeness (QED) is 0.878. The van der Waals surface area contributed by atoms with E-state index in [-0.39, 0.29) is 0 Å². The highest BCUT2D eigenvalue weighted by Gasteiger charge is 2.23. The average Bonchev–Trinajstić information content (AvgIpc) is 2.38. The molecular formula is C16H26N2. The maximum absolute atomic E-state index is 3.45. The molecule has 0 aromatic heterocycles. The van der Waals surface area contributed by atoms with Crippen LogP contribution >= 0.6 is 0 Å². The Morgan fingerprint density at radius 1 is 1.17 bits per heavy atom. The van der Waals surface area contributed by atoms with Crippen LogP contribution in [0.25, 0.3) is 0 Å². The highest BCUT2D eigenvalue weighted by atomic mass is 15.2. The van der Waals surface area contributed by atoms with Crippen molar-refractivity contribution in [2.24, 2.45) is 0 Å². The third-order valence-electron chi connectivity index (χ3n) is 4.03. The van der Waals surface area contributed by atoms with Gasteiger partial charge in [0, 0.05) is 32.2 Å². The molecule has 0 bridgehead atoms. The molecule has 1 saturated heterocycles. The van der Waals surface area contributed by atoms with Crippen LogP contribution in [0.4, 0.5) is 0 Å². The Kier molecular flexibility index (Phi) is 4.79. The lowest BCUT2D eigenvalue weighted by Gasteiger charge is -2.36. The molecule has 2 heteroatoms. The Hall–Kier alpha value is -0.860. The van der Waals surface area contributed by atoms with E-state index in [9.17, 15) is 0 Å². The Balaban J connectivity index is 2.28. The van der Waals surface area contributed by atoms with Crippen LogP contribution in [0.3, 0.4) is 0 Å². The van der Waals surface area contributed by atoms with Gasteiger partial charge in [0.2, 0.25) is 0 Å². The van der Waals surface area contributed by atoms with E-state index in [4.69, 9.17) is 0 Å². The largest absolute Gasteiger partial charge is 0.314 e. The van der Waals surface area contributed by atoms with Crippen LogP contribution in [0.2, 0.25) is 0 Å². The van der Waals surface area contributed by atoms with E-state index < -0.39 is 0 Å². The van der Waals surface area contributed by atoms with Crippen LogP contribution in [0.1, 0.15) is 42.5 Å². The lowest BCUT2D eigenvalue weighted by molar-refractivity contribution is 0.163. The van der Waals surface area contributed by atoms with Crippen LogP contribution in [-0.4, -0.2) is 31.1 Å². The smallest absolute Gasteiger partial charge is 0.0354 e. The number of nitrogens with one attached hydrogen (secondary N) is 1. The molecule has 2 rings (SSSR count). The summed E-state index contributed by atoms with van der Waals surface area (Å²) in [6.07, 6.45) is 2.52. The first kappa shape index (κ1) is 13.6. The number of hydrogen-bond donors (Lipinski definition) is 1. The van der Waals surface area contributed by atoms with Crippen LogP contribution in [0, 0.1) is 13.8 Å². The zero-order chi connectivity index (χ0) is 13.0. The van der Waals surface area contributed by atoms with Crippen molar-refractivity contribution in [1.29, 1.82) is 0 Å². The van der Waals surface area contributed by atoms with Gasteiger partial charge in [-0.25, -0.2) is 0 Å². The van der Waals surface area contributed by atoms with Crippen LogP contribution in [0.5, 0.6) is 0 Å². The normalized spacial score (nSPS) is 18.8. The summed E-state index contributed by atoms with van der Waals surface area (Å²) in [5, 5.41) is 3.45. The molecule has 1 aromatic rings. The van der Waals surface area contributed by atoms with E-state index in [1.54, 1.807) is 5.56 Å². The molecule has 100 valence electrons. The molecule has 1 heterocycles. The van der Waals surface area contributed by atoms with Gasteiger partial charge in [-0.1, -0.05) is 31.5 Å². The van der Waals surface area contributed by atoms with Crippen molar-refractivity contribution in [3.05, 3.63) is 34.9 Å². The molecule has 1 N–H and O–H groups in total. The van der Waals surface area contributed by atoms with Crippen molar-refractivity contribution in [3.8, 4) is 0 Å². The topological polar surface area (TPSA) is 15.3 Å². The zero-order valence-corrected chi connectivity index (χ0v) is 12.0. The summed E-state index contributed by atoms with van der Waals surface area (Å²) in [4.78, 5) is 2.66. The molecule has 0 amide bonds. The van der Waals surface area contributed by atoms with Gasteiger partial charge in [-0.05, 0) is 37.0 Å². The van der Waals surface area contributed by atoms with Crippen LogP contribution in [0.15, 0.2) is 18.2 Å². The lowest BCUT2D eigenvalue weighted by atomic mass is 9.92. The summed E-state index contributed by atoms with van der Waals surface area (Å²) in [6, 6.07) is 7.30. The van der Waals surface area contributed by atoms with Crippen molar-refractivity contribution in [1.82, 2.24) is 10.2 Å². The highest BCUT2D eigenvalue weighted by molar-refractivity contribution is 5.36. The monoisotopic (exact) mass is 246 g/mol. The molecule has 1 aromatic carbocycles. The number of benzene rings is 1. The fraction of sp³-hybridized carbons (Fsp3) is 0.625. The van der Waals surface area contributed by atoms with Crippen LogP contribution in [-0.2, 0) is 0 Å². The highest BCUT2D eigenvalue weighted by Crippen LogP contribution is 2.30. The predicted octanol–water partition coefficient (Wildman–Crippen LogP) is 3.05. The SMILES string of the molecule is CCC[C@@H](c1c(C)cccc1C)N1CCNCC1. The van der Waals surface area contributed by atoms with Crippen molar-refractivity contribution in [2.45, 2.75) is 39.7 Å². The number of nitrogens with zero attached hydrogens (tertiary/aromatic N) is 1. The first-order valence-corrected chi connectivity index (χ1v) is 7.25. The Bertz CT molecular complexity index is 360. The second kappa shape index (κ2) is 6.35. The average molecular weight is 246 g/mol. The third kappa shape index (κ3) is 2.93. The number of hydrogen-bond acceptors (Lipinski definition) is 2. The maximum Gasteiger partial charge on any atom is 0.0354 e. The molecular weight excluding hydrogens is 220 g/mol. The van der Waals surface area contributed by atoms with Gasteiger partial charge in [0.1, 0.15) is 0 Å². The molecule has 1 aliphatic rings. The molecule has 1 aliphatic heterocycles. The van der Waals surface area contributed by atoms with Crippen molar-refractivity contribution >= 4 is 0 Å². The van der Waals surface area contributed by atoms with Crippen molar-refractivity contribution in [3.63, 3.8) is 0 Å². The minimum Gasteiger partial charge on any atom is -0.314 e. The van der Waals surface area contributed by atoms with Gasteiger partial charge in [0.15, 0.2) is 0 Å². The van der Waals surface area contributed by atoms with E-state index in [0.29, 0.717) is 6.04 Å². The summed E-state index contributed by atoms with van der Waals surface area (Å²) in [6.45, 7) is 11.4. The second-order valence-electron chi connectivity index (χ2n) is 5.40. The third-order valence-corrected chi connectivity index (χ3v) is 4.03. The minimum absolute atomic E-state index is 0.610. The molecule has 0 radical (unpaired) electrons. The van der Waals surface area contributed by atoms with Gasteiger partial charge in [0.05, 0.1) is 0 Å². The van der Waals surface area contributed by atoms with E-state index in [1.165, 1.54) is 37.1 Å². The first-order chi connectivity index (χ1) is 8.74. The summed E-state index contributed by atoms with van der Waals surface area (Å²) in [7, 11) is 0. The van der Waals surface area contributed by atoms with E-state index in [2.05, 4.69) is 49.2 Å². The molecule has 0 unspecified atom stereocenters. The van der Waals surface area contributed by atoms with E-state index in [1.807, 2.05) is 0 Å². The molecule has 0 spiro atoms. The first-order valence-electron chi connectivity index (χ1n) is 7.25. The molecule has 2 nitrogen and oxygen atoms in total. The summed E-state index contributed by atoms with van der Waals surface area (Å²) in [5.41, 5.74) is 4.47. The van der Waals surface area contributed by atoms with Gasteiger partial charge < -0.3 is 5.32 Å². The van der Waals surface area contributed by atoms with Crippen molar-refractivity contribution in [2.75, 3.05) is 26.2 Å². The number of aryl methyl sites for hydroxylation is 2. The number of rotatable bonds is 4. The Labute approximate surface area is 111 Å². The fourth-order valence-electron chi connectivity index (χ4n) is 3.13. The Morgan fingerprint density at radius 2 is 1.78 bits per heavy atom.